The van der Waals surface area contributed by atoms with E-state index in [1.165, 1.54) is 27.4 Å². The molecule has 2 aromatic heterocycles. The molecule has 32 heavy (non-hydrogen) atoms. The summed E-state index contributed by atoms with van der Waals surface area (Å²) in [7, 11) is 6.82. The summed E-state index contributed by atoms with van der Waals surface area (Å²) in [6, 6.07) is 32.4. The van der Waals surface area contributed by atoms with Gasteiger partial charge in [-0.05, 0) is 66.8 Å². The third-order valence-electron chi connectivity index (χ3n) is 6.54. The summed E-state index contributed by atoms with van der Waals surface area (Å²) in [5.74, 6) is 0. The fourth-order valence-corrected chi connectivity index (χ4v) is 5.09. The van der Waals surface area contributed by atoms with E-state index < -0.39 is 0 Å². The molecule has 6 aromatic rings. The molecule has 0 fully saturated rings. The Hall–Kier alpha value is -3.72. The van der Waals surface area contributed by atoms with Gasteiger partial charge in [-0.3, -0.25) is 0 Å². The number of hydrogen-bond donors (Lipinski definition) is 0. The van der Waals surface area contributed by atoms with Gasteiger partial charge in [-0.2, -0.15) is 0 Å². The number of nitrogens with zero attached hydrogens (tertiary/aromatic N) is 2. The first kappa shape index (κ1) is 19.0. The monoisotopic (exact) mass is 410 g/mol. The standard InChI is InChI=1S/C29H23BN2/c1-3-31-25-12-8-7-11-22(25)24-18-20(14-16-26(24)31)29-28(30)23-15-13-19(2)17-27(23)32(29)21-9-5-4-6-10-21/h4-18H,3H2,1-2H3. The zero-order chi connectivity index (χ0) is 21.8. The number of aryl methyl sites for hydroxylation is 2. The van der Waals surface area contributed by atoms with E-state index in [-0.39, 0.29) is 0 Å². The highest BCUT2D eigenvalue weighted by molar-refractivity contribution is 6.43. The number of rotatable bonds is 3. The van der Waals surface area contributed by atoms with E-state index in [0.717, 1.165) is 39.9 Å². The Bertz CT molecular complexity index is 1620. The summed E-state index contributed by atoms with van der Waals surface area (Å²) >= 11 is 0. The second-order valence-corrected chi connectivity index (χ2v) is 8.45. The molecular weight excluding hydrogens is 387 g/mol. The summed E-state index contributed by atoms with van der Waals surface area (Å²) in [4.78, 5) is 0. The Labute approximate surface area is 189 Å². The van der Waals surface area contributed by atoms with Gasteiger partial charge in [-0.15, -0.1) is 0 Å². The topological polar surface area (TPSA) is 9.86 Å². The van der Waals surface area contributed by atoms with Crippen LogP contribution in [0.5, 0.6) is 0 Å². The van der Waals surface area contributed by atoms with Crippen LogP contribution in [0.15, 0.2) is 91.0 Å². The first-order valence-electron chi connectivity index (χ1n) is 11.1. The minimum atomic E-state index is 0.822. The van der Waals surface area contributed by atoms with Crippen LogP contribution in [0, 0.1) is 6.92 Å². The molecule has 0 aliphatic heterocycles. The van der Waals surface area contributed by atoms with Crippen molar-refractivity contribution in [3.05, 3.63) is 96.6 Å². The molecule has 0 aliphatic carbocycles. The fourth-order valence-electron chi connectivity index (χ4n) is 5.09. The molecular formula is C29H23BN2. The summed E-state index contributed by atoms with van der Waals surface area (Å²) in [5, 5.41) is 3.63. The quantitative estimate of drug-likeness (QED) is 0.294. The van der Waals surface area contributed by atoms with Crippen molar-refractivity contribution in [1.29, 1.82) is 0 Å². The SMILES string of the molecule is [B]c1c(-c2ccc3c(c2)c2ccccc2n3CC)n(-c2ccccc2)c2cc(C)ccc12. The molecule has 0 spiro atoms. The first-order valence-corrected chi connectivity index (χ1v) is 11.1. The first-order chi connectivity index (χ1) is 15.7. The summed E-state index contributed by atoms with van der Waals surface area (Å²) in [6.07, 6.45) is 0. The maximum Gasteiger partial charge on any atom is 0.117 e. The van der Waals surface area contributed by atoms with Crippen LogP contribution in [0.2, 0.25) is 0 Å². The zero-order valence-electron chi connectivity index (χ0n) is 18.3. The number of fused-ring (bicyclic) bond motifs is 4. The predicted octanol–water partition coefficient (Wildman–Crippen LogP) is 6.53. The Balaban J connectivity index is 1.72. The van der Waals surface area contributed by atoms with Gasteiger partial charge in [0.25, 0.3) is 0 Å². The van der Waals surface area contributed by atoms with Crippen LogP contribution in [0.25, 0.3) is 49.7 Å². The largest absolute Gasteiger partial charge is 0.341 e. The summed E-state index contributed by atoms with van der Waals surface area (Å²) < 4.78 is 4.69. The van der Waals surface area contributed by atoms with Gasteiger partial charge in [0.1, 0.15) is 7.85 Å². The number of hydrogen-bond acceptors (Lipinski definition) is 0. The maximum atomic E-state index is 6.82. The minimum Gasteiger partial charge on any atom is -0.341 e. The van der Waals surface area contributed by atoms with E-state index in [0.29, 0.717) is 0 Å². The molecule has 0 saturated heterocycles. The van der Waals surface area contributed by atoms with Crippen LogP contribution in [-0.2, 0) is 6.54 Å². The van der Waals surface area contributed by atoms with E-state index in [2.05, 4.69) is 114 Å². The zero-order valence-corrected chi connectivity index (χ0v) is 18.3. The highest BCUT2D eigenvalue weighted by Crippen LogP contribution is 2.35. The van der Waals surface area contributed by atoms with Gasteiger partial charge in [0.15, 0.2) is 0 Å². The Morgan fingerprint density at radius 1 is 0.688 bits per heavy atom. The normalized spacial score (nSPS) is 11.7. The lowest BCUT2D eigenvalue weighted by Gasteiger charge is -2.13. The van der Waals surface area contributed by atoms with E-state index >= 15 is 0 Å². The molecule has 0 amide bonds. The Morgan fingerprint density at radius 2 is 1.44 bits per heavy atom. The molecule has 0 unspecified atom stereocenters. The average Bonchev–Trinajstić information content (AvgIpc) is 3.30. The van der Waals surface area contributed by atoms with Crippen LogP contribution in [-0.4, -0.2) is 17.0 Å². The molecule has 0 N–H and O–H groups in total. The number of aromatic nitrogens is 2. The van der Waals surface area contributed by atoms with Crippen molar-refractivity contribution in [2.45, 2.75) is 20.4 Å². The van der Waals surface area contributed by atoms with Crippen molar-refractivity contribution in [2.75, 3.05) is 0 Å². The molecule has 2 heterocycles. The molecule has 0 bridgehead atoms. The van der Waals surface area contributed by atoms with Crippen LogP contribution < -0.4 is 5.46 Å². The molecule has 4 aromatic carbocycles. The second-order valence-electron chi connectivity index (χ2n) is 8.45. The molecule has 0 atom stereocenters. The molecule has 6 rings (SSSR count). The van der Waals surface area contributed by atoms with E-state index in [9.17, 15) is 0 Å². The van der Waals surface area contributed by atoms with Gasteiger partial charge in [0.05, 0.1) is 5.52 Å². The van der Waals surface area contributed by atoms with E-state index in [1.807, 2.05) is 0 Å². The van der Waals surface area contributed by atoms with Crippen LogP contribution in [0.3, 0.4) is 0 Å². The van der Waals surface area contributed by atoms with E-state index in [4.69, 9.17) is 7.85 Å². The molecule has 0 saturated carbocycles. The van der Waals surface area contributed by atoms with Gasteiger partial charge >= 0.3 is 0 Å². The van der Waals surface area contributed by atoms with Crippen molar-refractivity contribution in [2.24, 2.45) is 0 Å². The summed E-state index contributed by atoms with van der Waals surface area (Å²) in [6.45, 7) is 5.27. The second kappa shape index (κ2) is 7.17. The van der Waals surface area contributed by atoms with Crippen molar-refractivity contribution >= 4 is 46.0 Å². The van der Waals surface area contributed by atoms with Crippen LogP contribution >= 0.6 is 0 Å². The molecule has 152 valence electrons. The lowest BCUT2D eigenvalue weighted by Crippen LogP contribution is -2.07. The summed E-state index contributed by atoms with van der Waals surface area (Å²) in [5.41, 5.74) is 9.01. The van der Waals surface area contributed by atoms with Crippen molar-refractivity contribution in [3.8, 4) is 16.9 Å². The van der Waals surface area contributed by atoms with Gasteiger partial charge in [-0.1, -0.05) is 60.1 Å². The molecule has 0 aliphatic rings. The van der Waals surface area contributed by atoms with E-state index in [1.54, 1.807) is 0 Å². The third kappa shape index (κ3) is 2.67. The lowest BCUT2D eigenvalue weighted by atomic mass is 9.89. The highest BCUT2D eigenvalue weighted by atomic mass is 15.0. The Morgan fingerprint density at radius 3 is 2.25 bits per heavy atom. The fraction of sp³-hybridized carbons (Fsp3) is 0.103. The third-order valence-corrected chi connectivity index (χ3v) is 6.54. The highest BCUT2D eigenvalue weighted by Gasteiger charge is 2.18. The molecule has 2 radical (unpaired) electrons. The van der Waals surface area contributed by atoms with Gasteiger partial charge < -0.3 is 9.13 Å². The van der Waals surface area contributed by atoms with Crippen LogP contribution in [0.1, 0.15) is 12.5 Å². The smallest absolute Gasteiger partial charge is 0.117 e. The van der Waals surface area contributed by atoms with Gasteiger partial charge in [0, 0.05) is 39.7 Å². The molecule has 3 heteroatoms. The van der Waals surface area contributed by atoms with Gasteiger partial charge in [-0.25, -0.2) is 0 Å². The number of para-hydroxylation sites is 2. The van der Waals surface area contributed by atoms with Crippen molar-refractivity contribution in [3.63, 3.8) is 0 Å². The van der Waals surface area contributed by atoms with Crippen molar-refractivity contribution in [1.82, 2.24) is 9.13 Å². The number of benzene rings is 4. The average molecular weight is 410 g/mol. The maximum absolute atomic E-state index is 6.82. The predicted molar refractivity (Wildman–Crippen MR) is 138 cm³/mol. The molecule has 2 nitrogen and oxygen atoms in total. The van der Waals surface area contributed by atoms with Crippen LogP contribution in [0.4, 0.5) is 0 Å². The van der Waals surface area contributed by atoms with Gasteiger partial charge in [0.2, 0.25) is 0 Å². The Kier molecular flexibility index (Phi) is 4.26. The lowest BCUT2D eigenvalue weighted by molar-refractivity contribution is 0.827. The minimum absolute atomic E-state index is 0.822. The van der Waals surface area contributed by atoms with Crippen molar-refractivity contribution < 1.29 is 0 Å².